The Morgan fingerprint density at radius 2 is 1.17 bits per heavy atom. The molecular formula is C43H49F2N7O6. The van der Waals surface area contributed by atoms with Crippen molar-refractivity contribution in [3.05, 3.63) is 72.3 Å². The number of benzene rings is 3. The lowest BCUT2D eigenvalue weighted by molar-refractivity contribution is -0.148. The van der Waals surface area contributed by atoms with Crippen LogP contribution in [-0.4, -0.2) is 99.3 Å². The maximum Gasteiger partial charge on any atom is 0.407 e. The zero-order valence-electron chi connectivity index (χ0n) is 33.4. The number of methoxy groups -OCH3 is 2. The molecule has 58 heavy (non-hydrogen) atoms. The van der Waals surface area contributed by atoms with E-state index in [0.717, 1.165) is 33.3 Å². The molecule has 3 aromatic carbocycles. The van der Waals surface area contributed by atoms with Gasteiger partial charge in [-0.05, 0) is 58.4 Å². The quantitative estimate of drug-likeness (QED) is 0.118. The molecule has 2 aromatic heterocycles. The van der Waals surface area contributed by atoms with Crippen molar-refractivity contribution in [2.45, 2.75) is 77.4 Å². The number of likely N-dealkylation sites (tertiary alicyclic amines) is 2. The zero-order chi connectivity index (χ0) is 41.4. The van der Waals surface area contributed by atoms with Gasteiger partial charge in [0.15, 0.2) is 0 Å². The van der Waals surface area contributed by atoms with Crippen molar-refractivity contribution in [3.63, 3.8) is 0 Å². The van der Waals surface area contributed by atoms with Crippen LogP contribution in [0.1, 0.15) is 70.7 Å². The number of fused-ring (bicyclic) bond motifs is 2. The molecule has 0 unspecified atom stereocenters. The van der Waals surface area contributed by atoms with Gasteiger partial charge >= 0.3 is 12.1 Å². The van der Waals surface area contributed by atoms with E-state index in [0.29, 0.717) is 22.7 Å². The predicted molar refractivity (Wildman–Crippen MR) is 214 cm³/mol. The van der Waals surface area contributed by atoms with Crippen LogP contribution in [0.3, 0.4) is 0 Å². The summed E-state index contributed by atoms with van der Waals surface area (Å²) in [5.74, 6) is -1.21. The fourth-order valence-corrected chi connectivity index (χ4v) is 8.13. The summed E-state index contributed by atoms with van der Waals surface area (Å²) in [5, 5.41) is 2.59. The number of imidazole rings is 2. The number of nitrogens with one attached hydrogen (secondary N) is 3. The predicted octanol–water partition coefficient (Wildman–Crippen LogP) is 7.21. The number of aromatic nitrogens is 4. The molecular weight excluding hydrogens is 749 g/mol. The summed E-state index contributed by atoms with van der Waals surface area (Å²) in [6, 6.07) is 17.6. The van der Waals surface area contributed by atoms with Crippen molar-refractivity contribution in [1.29, 1.82) is 0 Å². The van der Waals surface area contributed by atoms with Gasteiger partial charge in [-0.15, -0.1) is 0 Å². The molecule has 13 nitrogen and oxygen atoms in total. The molecule has 0 saturated carbocycles. The first-order valence-corrected chi connectivity index (χ1v) is 19.6. The van der Waals surface area contributed by atoms with Crippen molar-refractivity contribution in [3.8, 4) is 22.3 Å². The maximum absolute atomic E-state index is 14.9. The van der Waals surface area contributed by atoms with Gasteiger partial charge in [0.2, 0.25) is 11.8 Å². The lowest BCUT2D eigenvalue weighted by atomic mass is 9.91. The van der Waals surface area contributed by atoms with E-state index < -0.39 is 54.4 Å². The molecule has 0 spiro atoms. The van der Waals surface area contributed by atoms with Gasteiger partial charge in [-0.25, -0.2) is 23.5 Å². The zero-order valence-corrected chi connectivity index (χ0v) is 33.4. The first-order chi connectivity index (χ1) is 27.7. The van der Waals surface area contributed by atoms with Gasteiger partial charge in [-0.3, -0.25) is 14.4 Å². The number of halogens is 2. The molecule has 2 aliphatic heterocycles. The number of alkyl halides is 2. The summed E-state index contributed by atoms with van der Waals surface area (Å²) in [6.45, 7) is 7.18. The maximum atomic E-state index is 14.9. The first-order valence-electron chi connectivity index (χ1n) is 19.6. The lowest BCUT2D eigenvalue weighted by Crippen LogP contribution is -2.51. The van der Waals surface area contributed by atoms with E-state index in [-0.39, 0.29) is 50.1 Å². The van der Waals surface area contributed by atoms with E-state index in [1.807, 2.05) is 74.5 Å². The Morgan fingerprint density at radius 1 is 0.707 bits per heavy atom. The van der Waals surface area contributed by atoms with E-state index in [1.54, 1.807) is 13.8 Å². The van der Waals surface area contributed by atoms with Crippen molar-refractivity contribution >= 4 is 45.9 Å². The van der Waals surface area contributed by atoms with Gasteiger partial charge in [0.05, 0.1) is 73.8 Å². The van der Waals surface area contributed by atoms with Crippen molar-refractivity contribution in [1.82, 2.24) is 35.1 Å². The Kier molecular flexibility index (Phi) is 11.5. The van der Waals surface area contributed by atoms with Crippen LogP contribution in [0.2, 0.25) is 0 Å². The summed E-state index contributed by atoms with van der Waals surface area (Å²) in [7, 11) is 2.51. The fourth-order valence-electron chi connectivity index (χ4n) is 8.13. The van der Waals surface area contributed by atoms with Crippen LogP contribution in [0.15, 0.2) is 60.7 Å². The van der Waals surface area contributed by atoms with Gasteiger partial charge < -0.3 is 34.6 Å². The Morgan fingerprint density at radius 3 is 1.60 bits per heavy atom. The molecule has 0 bridgehead atoms. The topological polar surface area (TPSA) is 163 Å². The van der Waals surface area contributed by atoms with Crippen LogP contribution in [0.25, 0.3) is 44.3 Å². The standard InChI is InChI=1S/C43H49F2N7O6/c1-22(2)30(19-37(53)57-5)41(54)51-20-28(44)17-35(51)39-46-31-13-11-26(15-33(31)48-39)24-7-9-25(10-8-24)27-12-14-32-34(16-27)49-40(47-32)36-18-29(45)21-52(36)42(55)38(23(3)4)50-43(56)58-6/h7-16,22-23,28-30,35-36,38H,17-21H2,1-6H3,(H,46,48)(H,47,49)(H,50,56)/t28-,29-,30-,35-,36-,38-/m0/s1. The molecule has 2 fully saturated rings. The first kappa shape index (κ1) is 40.3. The van der Waals surface area contributed by atoms with E-state index in [4.69, 9.17) is 19.4 Å². The Hall–Kier alpha value is -5.86. The Balaban J connectivity index is 1.08. The third kappa shape index (κ3) is 8.12. The third-order valence-corrected chi connectivity index (χ3v) is 11.4. The third-order valence-electron chi connectivity index (χ3n) is 11.4. The average Bonchev–Trinajstić information content (AvgIpc) is 4.01. The minimum absolute atomic E-state index is 0.0623. The number of hydrogen-bond acceptors (Lipinski definition) is 8. The van der Waals surface area contributed by atoms with Crippen molar-refractivity contribution in [2.75, 3.05) is 27.3 Å². The second-order valence-corrected chi connectivity index (χ2v) is 16.0. The van der Waals surface area contributed by atoms with Gasteiger partial charge in [0.25, 0.3) is 0 Å². The van der Waals surface area contributed by atoms with Crippen molar-refractivity contribution in [2.24, 2.45) is 17.8 Å². The Bertz CT molecular complexity index is 2160. The summed E-state index contributed by atoms with van der Waals surface area (Å²) in [4.78, 5) is 70.4. The second-order valence-electron chi connectivity index (χ2n) is 16.0. The normalized spacial score (nSPS) is 20.6. The molecule has 2 saturated heterocycles. The van der Waals surface area contributed by atoms with E-state index in [2.05, 4.69) is 15.3 Å². The van der Waals surface area contributed by atoms with Crippen LogP contribution in [0.4, 0.5) is 13.6 Å². The van der Waals surface area contributed by atoms with E-state index >= 15 is 0 Å². The van der Waals surface area contributed by atoms with Crippen LogP contribution >= 0.6 is 0 Å². The summed E-state index contributed by atoms with van der Waals surface area (Å²) >= 11 is 0. The van der Waals surface area contributed by atoms with Gasteiger partial charge in [0.1, 0.15) is 30.0 Å². The number of carbonyl (C=O) groups is 4. The smallest absolute Gasteiger partial charge is 0.407 e. The van der Waals surface area contributed by atoms with Crippen LogP contribution in [0.5, 0.6) is 0 Å². The highest BCUT2D eigenvalue weighted by Gasteiger charge is 2.43. The van der Waals surface area contributed by atoms with Gasteiger partial charge in [-0.2, -0.15) is 0 Å². The molecule has 0 aliphatic carbocycles. The molecule has 7 rings (SSSR count). The highest BCUT2D eigenvalue weighted by Crippen LogP contribution is 2.38. The number of H-pyrrole nitrogens is 2. The van der Waals surface area contributed by atoms with Crippen LogP contribution in [0, 0.1) is 17.8 Å². The largest absolute Gasteiger partial charge is 0.469 e. The highest BCUT2D eigenvalue weighted by molar-refractivity contribution is 5.88. The number of rotatable bonds is 11. The summed E-state index contributed by atoms with van der Waals surface area (Å²) < 4.78 is 39.3. The number of aromatic amines is 2. The number of nitrogens with zero attached hydrogens (tertiary/aromatic N) is 4. The number of amides is 3. The van der Waals surface area contributed by atoms with Gasteiger partial charge in [0, 0.05) is 12.8 Å². The molecule has 306 valence electrons. The number of alkyl carbamates (subject to hydrolysis) is 1. The minimum Gasteiger partial charge on any atom is -0.469 e. The molecule has 2 aliphatic rings. The highest BCUT2D eigenvalue weighted by atomic mass is 19.1. The number of ether oxygens (including phenoxy) is 2. The molecule has 0 radical (unpaired) electrons. The van der Waals surface area contributed by atoms with E-state index in [1.165, 1.54) is 24.0 Å². The van der Waals surface area contributed by atoms with Crippen molar-refractivity contribution < 1.29 is 37.4 Å². The summed E-state index contributed by atoms with van der Waals surface area (Å²) in [5.41, 5.74) is 6.65. The molecule has 15 heteroatoms. The molecule has 4 heterocycles. The molecule has 6 atom stereocenters. The monoisotopic (exact) mass is 797 g/mol. The average molecular weight is 798 g/mol. The number of esters is 1. The van der Waals surface area contributed by atoms with Crippen LogP contribution < -0.4 is 5.32 Å². The second kappa shape index (κ2) is 16.5. The Labute approximate surface area is 334 Å². The SMILES string of the molecule is COC(=O)C[C@H](C(=O)N1C[C@@H](F)C[C@H]1c1nc2ccc(-c3ccc(-c4ccc5nc([C@@H]6C[C@H](F)CN6C(=O)[C@@H](NC(=O)OC)C(C)C)[nH]c5c4)cc3)cc2[nH]1)C(C)C. The van der Waals surface area contributed by atoms with E-state index in [9.17, 15) is 28.0 Å². The van der Waals surface area contributed by atoms with Gasteiger partial charge in [-0.1, -0.05) is 64.1 Å². The fraction of sp³-hybridized carbons (Fsp3) is 0.442. The lowest BCUT2D eigenvalue weighted by Gasteiger charge is -2.29. The summed E-state index contributed by atoms with van der Waals surface area (Å²) in [6.07, 6.45) is -3.05. The molecule has 3 N–H and O–H groups in total. The molecule has 3 amide bonds. The molecule has 5 aromatic rings. The van der Waals surface area contributed by atoms with Crippen LogP contribution in [-0.2, 0) is 23.9 Å². The number of carbonyl (C=O) groups excluding carboxylic acids is 4. The number of hydrogen-bond donors (Lipinski definition) is 3. The minimum atomic E-state index is -1.24.